The summed E-state index contributed by atoms with van der Waals surface area (Å²) in [7, 11) is 1.53. The van der Waals surface area contributed by atoms with Crippen LogP contribution < -0.4 is 9.47 Å². The molecular formula is C18H23NO6. The predicted octanol–water partition coefficient (Wildman–Crippen LogP) is 1.51. The van der Waals surface area contributed by atoms with Gasteiger partial charge in [-0.2, -0.15) is 0 Å². The Morgan fingerprint density at radius 2 is 1.96 bits per heavy atom. The number of methoxy groups -OCH3 is 1. The van der Waals surface area contributed by atoms with Crippen LogP contribution in [0.1, 0.15) is 12.5 Å². The Kier molecular flexibility index (Phi) is 7.28. The fraction of sp³-hybridized carbons (Fsp3) is 0.444. The lowest BCUT2D eigenvalue weighted by molar-refractivity contribution is -0.155. The molecule has 1 fully saturated rings. The summed E-state index contributed by atoms with van der Waals surface area (Å²) in [5, 5.41) is 0. The maximum absolute atomic E-state index is 11.9. The summed E-state index contributed by atoms with van der Waals surface area (Å²) in [5.41, 5.74) is 0.963. The molecule has 0 bridgehead atoms. The molecule has 2 rings (SSSR count). The minimum atomic E-state index is -0.610. The highest BCUT2D eigenvalue weighted by Gasteiger charge is 2.18. The lowest BCUT2D eigenvalue weighted by Crippen LogP contribution is -2.42. The van der Waals surface area contributed by atoms with Gasteiger partial charge in [-0.3, -0.25) is 4.79 Å². The molecule has 1 aromatic carbocycles. The van der Waals surface area contributed by atoms with E-state index in [1.807, 2.05) is 31.2 Å². The van der Waals surface area contributed by atoms with Gasteiger partial charge in [-0.25, -0.2) is 4.79 Å². The lowest BCUT2D eigenvalue weighted by Gasteiger charge is -2.26. The maximum Gasteiger partial charge on any atom is 0.344 e. The van der Waals surface area contributed by atoms with Gasteiger partial charge in [-0.05, 0) is 24.6 Å². The Morgan fingerprint density at radius 3 is 2.64 bits per heavy atom. The molecule has 0 aromatic heterocycles. The number of benzene rings is 1. The first-order chi connectivity index (χ1) is 12.1. The van der Waals surface area contributed by atoms with Gasteiger partial charge in [-0.15, -0.1) is 0 Å². The lowest BCUT2D eigenvalue weighted by atomic mass is 10.2. The highest BCUT2D eigenvalue weighted by molar-refractivity contribution is 5.81. The summed E-state index contributed by atoms with van der Waals surface area (Å²) < 4.78 is 20.8. The average molecular weight is 349 g/mol. The SMILES string of the molecule is C/C=C/c1ccc(OCC(=O)OCC(=O)N2CCOCC2)c(OC)c1. The largest absolute Gasteiger partial charge is 0.493 e. The van der Waals surface area contributed by atoms with Crippen LogP contribution in [0.25, 0.3) is 6.08 Å². The number of esters is 1. The van der Waals surface area contributed by atoms with Crippen LogP contribution in [-0.4, -0.2) is 63.4 Å². The van der Waals surface area contributed by atoms with Gasteiger partial charge in [0.15, 0.2) is 24.7 Å². The monoisotopic (exact) mass is 349 g/mol. The van der Waals surface area contributed by atoms with E-state index >= 15 is 0 Å². The van der Waals surface area contributed by atoms with Crippen molar-refractivity contribution in [3.8, 4) is 11.5 Å². The normalized spacial score (nSPS) is 14.4. The first-order valence-corrected chi connectivity index (χ1v) is 8.08. The second kappa shape index (κ2) is 9.68. The molecule has 1 saturated heterocycles. The van der Waals surface area contributed by atoms with Crippen molar-refractivity contribution in [2.45, 2.75) is 6.92 Å². The standard InChI is InChI=1S/C18H23NO6/c1-3-4-14-5-6-15(16(11-14)22-2)24-13-18(21)25-12-17(20)19-7-9-23-10-8-19/h3-6,11H,7-10,12-13H2,1-2H3/b4-3+. The Balaban J connectivity index is 1.80. The molecule has 1 aliphatic rings. The third-order valence-corrected chi connectivity index (χ3v) is 3.61. The van der Waals surface area contributed by atoms with Crippen molar-refractivity contribution in [1.29, 1.82) is 0 Å². The summed E-state index contributed by atoms with van der Waals surface area (Å²) in [6, 6.07) is 5.38. The summed E-state index contributed by atoms with van der Waals surface area (Å²) in [4.78, 5) is 25.3. The molecule has 0 spiro atoms. The van der Waals surface area contributed by atoms with E-state index in [-0.39, 0.29) is 19.1 Å². The summed E-state index contributed by atoms with van der Waals surface area (Å²) >= 11 is 0. The number of carbonyl (C=O) groups is 2. The number of hydrogen-bond donors (Lipinski definition) is 0. The zero-order valence-corrected chi connectivity index (χ0v) is 14.5. The summed E-state index contributed by atoms with van der Waals surface area (Å²) in [6.07, 6.45) is 3.84. The van der Waals surface area contributed by atoms with E-state index in [9.17, 15) is 9.59 Å². The molecule has 25 heavy (non-hydrogen) atoms. The van der Waals surface area contributed by atoms with Gasteiger partial charge >= 0.3 is 5.97 Å². The van der Waals surface area contributed by atoms with E-state index in [4.69, 9.17) is 18.9 Å². The summed E-state index contributed by atoms with van der Waals surface area (Å²) in [5.74, 6) is 0.117. The van der Waals surface area contributed by atoms with E-state index in [1.165, 1.54) is 7.11 Å². The van der Waals surface area contributed by atoms with E-state index < -0.39 is 5.97 Å². The van der Waals surface area contributed by atoms with E-state index in [0.717, 1.165) is 5.56 Å². The second-order valence-corrected chi connectivity index (χ2v) is 5.35. The van der Waals surface area contributed by atoms with Gasteiger partial charge in [0.1, 0.15) is 0 Å². The number of rotatable bonds is 7. The van der Waals surface area contributed by atoms with Crippen molar-refractivity contribution in [3.63, 3.8) is 0 Å². The van der Waals surface area contributed by atoms with Crippen molar-refractivity contribution >= 4 is 18.0 Å². The Morgan fingerprint density at radius 1 is 1.20 bits per heavy atom. The van der Waals surface area contributed by atoms with Crippen LogP contribution in [0.3, 0.4) is 0 Å². The molecule has 0 radical (unpaired) electrons. The van der Waals surface area contributed by atoms with Crippen LogP contribution in [0.2, 0.25) is 0 Å². The number of ether oxygens (including phenoxy) is 4. The molecule has 1 aromatic rings. The third-order valence-electron chi connectivity index (χ3n) is 3.61. The van der Waals surface area contributed by atoms with Gasteiger partial charge in [0.25, 0.3) is 5.91 Å². The maximum atomic E-state index is 11.9. The van der Waals surface area contributed by atoms with Crippen molar-refractivity contribution in [1.82, 2.24) is 4.90 Å². The van der Waals surface area contributed by atoms with Gasteiger partial charge in [0.2, 0.25) is 0 Å². The fourth-order valence-corrected chi connectivity index (χ4v) is 2.32. The van der Waals surface area contributed by atoms with Crippen molar-refractivity contribution in [2.24, 2.45) is 0 Å². The number of nitrogens with zero attached hydrogens (tertiary/aromatic N) is 1. The zero-order chi connectivity index (χ0) is 18.1. The van der Waals surface area contributed by atoms with Crippen LogP contribution in [0.4, 0.5) is 0 Å². The van der Waals surface area contributed by atoms with Gasteiger partial charge in [-0.1, -0.05) is 18.2 Å². The number of morpholine rings is 1. The Bertz CT molecular complexity index is 622. The molecule has 1 aliphatic heterocycles. The smallest absolute Gasteiger partial charge is 0.344 e. The molecule has 0 saturated carbocycles. The number of allylic oxidation sites excluding steroid dienone is 1. The molecule has 1 amide bonds. The van der Waals surface area contributed by atoms with Crippen molar-refractivity contribution in [2.75, 3.05) is 46.6 Å². The highest BCUT2D eigenvalue weighted by Crippen LogP contribution is 2.28. The molecule has 7 nitrogen and oxygen atoms in total. The molecule has 0 N–H and O–H groups in total. The van der Waals surface area contributed by atoms with Gasteiger partial charge in [0.05, 0.1) is 20.3 Å². The molecule has 136 valence electrons. The molecule has 0 unspecified atom stereocenters. The quantitative estimate of drug-likeness (QED) is 0.695. The number of hydrogen-bond acceptors (Lipinski definition) is 6. The molecular weight excluding hydrogens is 326 g/mol. The average Bonchev–Trinajstić information content (AvgIpc) is 2.65. The number of carbonyl (C=O) groups excluding carboxylic acids is 2. The highest BCUT2D eigenvalue weighted by atomic mass is 16.6. The molecule has 7 heteroatoms. The Hall–Kier alpha value is -2.54. The van der Waals surface area contributed by atoms with E-state index in [0.29, 0.717) is 37.8 Å². The minimum Gasteiger partial charge on any atom is -0.493 e. The van der Waals surface area contributed by atoms with Gasteiger partial charge < -0.3 is 23.8 Å². The minimum absolute atomic E-state index is 0.232. The first kappa shape index (κ1) is 18.8. The van der Waals surface area contributed by atoms with Crippen LogP contribution in [0.15, 0.2) is 24.3 Å². The Labute approximate surface area is 147 Å². The van der Waals surface area contributed by atoms with Crippen molar-refractivity contribution < 1.29 is 28.5 Å². The summed E-state index contributed by atoms with van der Waals surface area (Å²) in [6.45, 7) is 3.38. The van der Waals surface area contributed by atoms with Crippen molar-refractivity contribution in [3.05, 3.63) is 29.8 Å². The fourth-order valence-electron chi connectivity index (χ4n) is 2.32. The predicted molar refractivity (Wildman–Crippen MR) is 91.6 cm³/mol. The van der Waals surface area contributed by atoms with Crippen LogP contribution in [-0.2, 0) is 19.1 Å². The van der Waals surface area contributed by atoms with E-state index in [1.54, 1.807) is 11.0 Å². The first-order valence-electron chi connectivity index (χ1n) is 8.08. The zero-order valence-electron chi connectivity index (χ0n) is 14.5. The topological polar surface area (TPSA) is 74.3 Å². The number of amides is 1. The third kappa shape index (κ3) is 5.79. The van der Waals surface area contributed by atoms with Crippen LogP contribution >= 0.6 is 0 Å². The molecule has 0 aliphatic carbocycles. The molecule has 0 atom stereocenters. The van der Waals surface area contributed by atoms with E-state index in [2.05, 4.69) is 0 Å². The van der Waals surface area contributed by atoms with Crippen LogP contribution in [0.5, 0.6) is 11.5 Å². The van der Waals surface area contributed by atoms with Gasteiger partial charge in [0, 0.05) is 13.1 Å². The van der Waals surface area contributed by atoms with Crippen LogP contribution in [0, 0.1) is 0 Å². The molecule has 1 heterocycles. The second-order valence-electron chi connectivity index (χ2n) is 5.35.